The number of sulfone groups is 1. The molecule has 0 radical (unpaired) electrons. The number of hydrogen-bond donors (Lipinski definition) is 3. The third kappa shape index (κ3) is 17.8. The molecule has 73 heavy (non-hydrogen) atoms. The Morgan fingerprint density at radius 1 is 0.849 bits per heavy atom. The highest BCUT2D eigenvalue weighted by molar-refractivity contribution is 7.91. The summed E-state index contributed by atoms with van der Waals surface area (Å²) >= 11 is 0. The van der Waals surface area contributed by atoms with Gasteiger partial charge in [0, 0.05) is 58.5 Å². The van der Waals surface area contributed by atoms with Gasteiger partial charge in [-0.1, -0.05) is 71.1 Å². The summed E-state index contributed by atoms with van der Waals surface area (Å²) in [6.45, 7) is 12.3. The number of piperidine rings is 1. The van der Waals surface area contributed by atoms with Gasteiger partial charge in [-0.3, -0.25) is 19.2 Å². The Kier molecular flexibility index (Phi) is 24.8. The van der Waals surface area contributed by atoms with E-state index in [-0.39, 0.29) is 86.0 Å². The lowest BCUT2D eigenvalue weighted by Crippen LogP contribution is -2.61. The number of rotatable bonds is 12. The van der Waals surface area contributed by atoms with Gasteiger partial charge in [0.15, 0.2) is 15.6 Å². The molecule has 17 nitrogen and oxygen atoms in total. The Morgan fingerprint density at radius 3 is 2.25 bits per heavy atom. The van der Waals surface area contributed by atoms with Crippen LogP contribution in [0.15, 0.2) is 47.6 Å². The maximum absolute atomic E-state index is 14.5. The number of cyclic esters (lactones) is 1. The average molecular weight is 1050 g/mol. The van der Waals surface area contributed by atoms with Crippen LogP contribution in [0.4, 0.5) is 0 Å². The number of ketones is 3. The van der Waals surface area contributed by atoms with Gasteiger partial charge in [-0.25, -0.2) is 13.2 Å². The molecule has 1 aliphatic carbocycles. The van der Waals surface area contributed by atoms with Crippen molar-refractivity contribution in [3.63, 3.8) is 0 Å². The first-order valence-corrected chi connectivity index (χ1v) is 28.2. The predicted octanol–water partition coefficient (Wildman–Crippen LogP) is 5.61. The van der Waals surface area contributed by atoms with Gasteiger partial charge in [0.1, 0.15) is 30.1 Å². The third-order valence-corrected chi connectivity index (χ3v) is 17.1. The third-order valence-electron chi connectivity index (χ3n) is 15.5. The van der Waals surface area contributed by atoms with Crippen LogP contribution in [0.3, 0.4) is 0 Å². The van der Waals surface area contributed by atoms with Crippen LogP contribution in [0.25, 0.3) is 0 Å². The summed E-state index contributed by atoms with van der Waals surface area (Å²) in [6.07, 6.45) is 9.33. The van der Waals surface area contributed by atoms with E-state index in [1.54, 1.807) is 47.0 Å². The lowest BCUT2D eigenvalue weighted by Gasteiger charge is -2.43. The second-order valence-corrected chi connectivity index (χ2v) is 23.7. The normalized spacial score (nSPS) is 37.5. The molecule has 1 unspecified atom stereocenters. The Morgan fingerprint density at radius 2 is 1.56 bits per heavy atom. The van der Waals surface area contributed by atoms with Crippen LogP contribution in [0, 0.1) is 35.5 Å². The van der Waals surface area contributed by atoms with Crippen LogP contribution >= 0.6 is 0 Å². The zero-order chi connectivity index (χ0) is 54.2. The topological polar surface area (TPSA) is 239 Å². The van der Waals surface area contributed by atoms with E-state index >= 15 is 0 Å². The van der Waals surface area contributed by atoms with Crippen LogP contribution in [-0.2, 0) is 62.2 Å². The van der Waals surface area contributed by atoms with E-state index in [4.69, 9.17) is 28.4 Å². The predicted molar refractivity (Wildman–Crippen MR) is 275 cm³/mol. The first-order chi connectivity index (χ1) is 34.5. The van der Waals surface area contributed by atoms with Gasteiger partial charge in [0.25, 0.3) is 11.7 Å². The second kappa shape index (κ2) is 29.2. The van der Waals surface area contributed by atoms with E-state index in [0.29, 0.717) is 68.9 Å². The standard InChI is InChI=1S/C55H87NO16S/c1-34-16-12-11-13-17-35(2)46(70-25-27-73(65,66)26-24-67-8)32-42-21-19-40(7)55(64,72-42)52(61)53(62)56-23-15-14-18-43(56)54(63)71-47(37(4)30-41-20-22-44(57)48(31-41)68-9)33-45(58)36(3)29-39(6)50(60)51(69-10)49(59)38(5)28-34/h11-13,16-17,29,34,36-38,40-44,46-48,50-51,57,60,64H,14-15,18-28,30-33H2,1-10H3/b13-11+,16-12+,35-17+,39-29+/t34-,36-,37-,38-,40-,41+,42+,43+,44-,46?,47+,48-,50-,51+,55-/m1/s1. The van der Waals surface area contributed by atoms with Gasteiger partial charge in [-0.2, -0.15) is 0 Å². The van der Waals surface area contributed by atoms with Crippen molar-refractivity contribution in [2.24, 2.45) is 35.5 Å². The van der Waals surface area contributed by atoms with E-state index in [9.17, 15) is 47.7 Å². The van der Waals surface area contributed by atoms with E-state index < -0.39 is 93.7 Å². The minimum absolute atomic E-state index is 0.0299. The molecule has 2 bridgehead atoms. The van der Waals surface area contributed by atoms with Crippen molar-refractivity contribution in [1.82, 2.24) is 4.90 Å². The second-order valence-electron chi connectivity index (χ2n) is 21.4. The summed E-state index contributed by atoms with van der Waals surface area (Å²) in [5, 5.41) is 34.1. The number of carbonyl (C=O) groups is 5. The molecule has 2 saturated heterocycles. The Bertz CT molecular complexity index is 2090. The number of aliphatic hydroxyl groups excluding tert-OH is 2. The maximum atomic E-state index is 14.5. The summed E-state index contributed by atoms with van der Waals surface area (Å²) in [5.74, 6) is -9.14. The molecule has 3 aliphatic heterocycles. The smallest absolute Gasteiger partial charge is 0.329 e. The van der Waals surface area contributed by atoms with Crippen LogP contribution in [-0.4, -0.2) is 165 Å². The van der Waals surface area contributed by atoms with Crippen molar-refractivity contribution in [3.05, 3.63) is 47.6 Å². The Labute approximate surface area is 434 Å². The number of nitrogens with zero attached hydrogens (tertiary/aromatic N) is 1. The van der Waals surface area contributed by atoms with Crippen LogP contribution in [0.1, 0.15) is 126 Å². The molecule has 3 N–H and O–H groups in total. The molecule has 18 heteroatoms. The molecule has 4 aliphatic rings. The molecule has 0 spiro atoms. The fraction of sp³-hybridized carbons (Fsp3) is 0.764. The lowest BCUT2D eigenvalue weighted by atomic mass is 9.78. The summed E-state index contributed by atoms with van der Waals surface area (Å²) in [4.78, 5) is 72.4. The maximum Gasteiger partial charge on any atom is 0.329 e. The number of amides is 1. The van der Waals surface area contributed by atoms with E-state index in [0.717, 1.165) is 4.90 Å². The number of hydrogen-bond acceptors (Lipinski definition) is 16. The molecule has 3 heterocycles. The minimum Gasteiger partial charge on any atom is -0.460 e. The van der Waals surface area contributed by atoms with E-state index in [2.05, 4.69) is 0 Å². The van der Waals surface area contributed by atoms with Crippen LogP contribution in [0.2, 0.25) is 0 Å². The first kappa shape index (κ1) is 62.1. The molecule has 0 aromatic rings. The monoisotopic (exact) mass is 1050 g/mol. The molecule has 1 saturated carbocycles. The molecule has 414 valence electrons. The molecule has 1 amide bonds. The summed E-state index contributed by atoms with van der Waals surface area (Å²) in [5.41, 5.74) is 1.06. The largest absolute Gasteiger partial charge is 0.460 e. The van der Waals surface area contributed by atoms with E-state index in [1.165, 1.54) is 14.2 Å². The van der Waals surface area contributed by atoms with Gasteiger partial charge in [0.2, 0.25) is 5.79 Å². The van der Waals surface area contributed by atoms with Gasteiger partial charge in [0.05, 0.1) is 49.1 Å². The first-order valence-electron chi connectivity index (χ1n) is 26.4. The average Bonchev–Trinajstić information content (AvgIpc) is 3.35. The van der Waals surface area contributed by atoms with Crippen LogP contribution in [0.5, 0.6) is 0 Å². The van der Waals surface area contributed by atoms with Crippen molar-refractivity contribution in [1.29, 1.82) is 0 Å². The van der Waals surface area contributed by atoms with Crippen molar-refractivity contribution >= 4 is 39.1 Å². The minimum atomic E-state index is -3.51. The molecular formula is C55H87NO16S. The highest BCUT2D eigenvalue weighted by Gasteiger charge is 2.53. The van der Waals surface area contributed by atoms with Crippen molar-refractivity contribution in [2.45, 2.75) is 180 Å². The van der Waals surface area contributed by atoms with Gasteiger partial charge in [-0.05, 0) is 107 Å². The number of fused-ring (bicyclic) bond motifs is 3. The van der Waals surface area contributed by atoms with Gasteiger partial charge >= 0.3 is 5.97 Å². The van der Waals surface area contributed by atoms with Crippen LogP contribution < -0.4 is 0 Å². The molecule has 15 atom stereocenters. The highest BCUT2D eigenvalue weighted by Crippen LogP contribution is 2.38. The molecule has 0 aromatic heterocycles. The summed E-state index contributed by atoms with van der Waals surface area (Å²) < 4.78 is 60.3. The van der Waals surface area contributed by atoms with Crippen molar-refractivity contribution in [3.8, 4) is 0 Å². The number of esters is 1. The number of Topliss-reactive ketones (excluding diaryl/α,β-unsaturated/α-hetero) is 3. The van der Waals surface area contributed by atoms with Crippen molar-refractivity contribution in [2.75, 3.05) is 52.6 Å². The summed E-state index contributed by atoms with van der Waals surface area (Å²) in [7, 11) is 0.821. The highest BCUT2D eigenvalue weighted by atomic mass is 32.2. The van der Waals surface area contributed by atoms with Gasteiger partial charge < -0.3 is 48.6 Å². The molecule has 3 fully saturated rings. The number of allylic oxidation sites excluding steroid dienone is 6. The summed E-state index contributed by atoms with van der Waals surface area (Å²) in [6, 6.07) is -1.20. The number of aliphatic hydroxyl groups is 3. The number of methoxy groups -OCH3 is 3. The SMILES string of the molecule is COCCS(=O)(=O)CCOC1C[C@@H]2CC[C@@H](C)[C@@](O)(O2)C(=O)C(=O)N2CCCC[C@H]2C(=O)O[C@H]([C@H](C)C[C@@H]2CC[C@@H](O)[C@H](OC)C2)CC(=O)[C@H](C)/C=C(\C)[C@@H](O)[C@@H](OC)C(=O)[C@H](C)C[C@H](C)/C=C/C=C/C=C/1C. The lowest BCUT2D eigenvalue weighted by molar-refractivity contribution is -0.266. The molecule has 0 aromatic carbocycles. The molecular weight excluding hydrogens is 963 g/mol. The zero-order valence-corrected chi connectivity index (χ0v) is 45.9. The number of carbonyl (C=O) groups excluding carboxylic acids is 5. The van der Waals surface area contributed by atoms with E-state index in [1.807, 2.05) is 45.1 Å². The van der Waals surface area contributed by atoms with Gasteiger partial charge in [-0.15, -0.1) is 0 Å². The fourth-order valence-electron chi connectivity index (χ4n) is 10.7. The van der Waals surface area contributed by atoms with Crippen molar-refractivity contribution < 1.29 is 76.1 Å². The fourth-order valence-corrected chi connectivity index (χ4v) is 11.6. The Hall–Kier alpha value is -3.46. The quantitative estimate of drug-likeness (QED) is 0.122. The zero-order valence-electron chi connectivity index (χ0n) is 45.1. The molecule has 4 rings (SSSR count). The number of ether oxygens (including phenoxy) is 6. The Balaban J connectivity index is 1.73.